The van der Waals surface area contributed by atoms with Crippen LogP contribution in [0.4, 0.5) is 0 Å². The fourth-order valence-corrected chi connectivity index (χ4v) is 6.80. The molecule has 4 rings (SSSR count). The number of hydrogen-bond donors (Lipinski definition) is 3. The highest BCUT2D eigenvalue weighted by molar-refractivity contribution is 5.76. The van der Waals surface area contributed by atoms with Crippen LogP contribution in [-0.2, 0) is 17.9 Å². The lowest BCUT2D eigenvalue weighted by atomic mass is 9.57. The normalized spacial score (nSPS) is 34.8. The number of rotatable bonds is 7. The molecule has 2 heterocycles. The minimum absolute atomic E-state index is 0.00747. The SMILES string of the molecule is CC1(C)C[C@H](NCc2ccc(CO)o2)[C@@]2(CCC(=O)N3CCCC3)CC[C@](C)(O)C[C@@H]12. The number of aliphatic hydroxyl groups is 2. The van der Waals surface area contributed by atoms with Crippen molar-refractivity contribution in [3.05, 3.63) is 23.7 Å². The fourth-order valence-electron chi connectivity index (χ4n) is 6.80. The molecule has 0 unspecified atom stereocenters. The van der Waals surface area contributed by atoms with Crippen LogP contribution < -0.4 is 5.32 Å². The standard InChI is InChI=1S/C25H40N2O4/c1-23(2)15-21(26-16-18-6-7-19(17-28)31-18)25(11-10-24(3,30)14-20(23)25)9-8-22(29)27-12-4-5-13-27/h6-7,20-21,26,28,30H,4-5,8-17H2,1-3H3/t20-,21-,24-,25-/m0/s1. The monoisotopic (exact) mass is 432 g/mol. The van der Waals surface area contributed by atoms with Crippen molar-refractivity contribution >= 4 is 5.91 Å². The molecular formula is C25H40N2O4. The molecule has 3 fully saturated rings. The number of likely N-dealkylation sites (tertiary alicyclic amines) is 1. The van der Waals surface area contributed by atoms with Gasteiger partial charge in [-0.1, -0.05) is 13.8 Å². The lowest BCUT2D eigenvalue weighted by Crippen LogP contribution is -2.51. The molecule has 0 bridgehead atoms. The largest absolute Gasteiger partial charge is 0.462 e. The van der Waals surface area contributed by atoms with Crippen LogP contribution in [0.1, 0.15) is 83.7 Å². The van der Waals surface area contributed by atoms with Gasteiger partial charge in [-0.25, -0.2) is 0 Å². The second-order valence-corrected chi connectivity index (χ2v) is 11.2. The van der Waals surface area contributed by atoms with Gasteiger partial charge < -0.3 is 24.8 Å². The van der Waals surface area contributed by atoms with E-state index in [1.54, 1.807) is 0 Å². The van der Waals surface area contributed by atoms with Crippen molar-refractivity contribution < 1.29 is 19.4 Å². The van der Waals surface area contributed by atoms with Crippen LogP contribution in [0.2, 0.25) is 0 Å². The molecule has 2 saturated carbocycles. The van der Waals surface area contributed by atoms with Gasteiger partial charge in [0.15, 0.2) is 0 Å². The Morgan fingerprint density at radius 1 is 1.16 bits per heavy atom. The van der Waals surface area contributed by atoms with Crippen molar-refractivity contribution in [2.45, 2.75) is 96.9 Å². The van der Waals surface area contributed by atoms with E-state index in [0.29, 0.717) is 30.6 Å². The second-order valence-electron chi connectivity index (χ2n) is 11.2. The maximum atomic E-state index is 12.9. The Morgan fingerprint density at radius 2 is 1.87 bits per heavy atom. The molecule has 0 spiro atoms. The van der Waals surface area contributed by atoms with Gasteiger partial charge in [0.05, 0.1) is 12.1 Å². The molecule has 1 aliphatic heterocycles. The Bertz CT molecular complexity index is 780. The highest BCUT2D eigenvalue weighted by Gasteiger charge is 2.61. The first-order valence-corrected chi connectivity index (χ1v) is 12.1. The Labute approximate surface area is 186 Å². The van der Waals surface area contributed by atoms with E-state index in [1.807, 2.05) is 24.0 Å². The van der Waals surface area contributed by atoms with Gasteiger partial charge in [0.2, 0.25) is 5.91 Å². The molecular weight excluding hydrogens is 392 g/mol. The molecule has 3 aliphatic rings. The smallest absolute Gasteiger partial charge is 0.222 e. The average Bonchev–Trinajstić information content (AvgIpc) is 3.44. The molecule has 1 aromatic rings. The number of fused-ring (bicyclic) bond motifs is 1. The van der Waals surface area contributed by atoms with E-state index in [-0.39, 0.29) is 23.5 Å². The number of furan rings is 1. The predicted octanol–water partition coefficient (Wildman–Crippen LogP) is 3.60. The lowest BCUT2D eigenvalue weighted by Gasteiger charge is -2.51. The minimum Gasteiger partial charge on any atom is -0.462 e. The van der Waals surface area contributed by atoms with Gasteiger partial charge in [0.25, 0.3) is 0 Å². The van der Waals surface area contributed by atoms with E-state index in [2.05, 4.69) is 19.2 Å². The van der Waals surface area contributed by atoms with Gasteiger partial charge in [0, 0.05) is 25.6 Å². The van der Waals surface area contributed by atoms with Gasteiger partial charge in [-0.05, 0) is 80.8 Å². The van der Waals surface area contributed by atoms with E-state index < -0.39 is 5.60 Å². The quantitative estimate of drug-likeness (QED) is 0.613. The van der Waals surface area contributed by atoms with E-state index in [1.165, 1.54) is 0 Å². The zero-order valence-corrected chi connectivity index (χ0v) is 19.5. The van der Waals surface area contributed by atoms with Crippen molar-refractivity contribution in [3.8, 4) is 0 Å². The topological polar surface area (TPSA) is 85.9 Å². The summed E-state index contributed by atoms with van der Waals surface area (Å²) >= 11 is 0. The highest BCUT2D eigenvalue weighted by atomic mass is 16.4. The number of carbonyl (C=O) groups excluding carboxylic acids is 1. The summed E-state index contributed by atoms with van der Waals surface area (Å²) in [5.74, 6) is 2.08. The first-order chi connectivity index (χ1) is 14.7. The number of nitrogens with zero attached hydrogens (tertiary/aromatic N) is 1. The fraction of sp³-hybridized carbons (Fsp3) is 0.800. The van der Waals surface area contributed by atoms with Crippen LogP contribution in [0.3, 0.4) is 0 Å². The van der Waals surface area contributed by atoms with Crippen LogP contribution in [0.5, 0.6) is 0 Å². The first-order valence-electron chi connectivity index (χ1n) is 12.1. The Hall–Kier alpha value is -1.37. The summed E-state index contributed by atoms with van der Waals surface area (Å²) in [5.41, 5.74) is -0.526. The van der Waals surface area contributed by atoms with Gasteiger partial charge in [-0.15, -0.1) is 0 Å². The van der Waals surface area contributed by atoms with Crippen LogP contribution in [0.15, 0.2) is 16.5 Å². The van der Waals surface area contributed by atoms with Crippen molar-refractivity contribution in [2.24, 2.45) is 16.7 Å². The second kappa shape index (κ2) is 8.53. The number of nitrogens with one attached hydrogen (secondary N) is 1. The van der Waals surface area contributed by atoms with Gasteiger partial charge in [0.1, 0.15) is 18.1 Å². The molecule has 6 heteroatoms. The summed E-state index contributed by atoms with van der Waals surface area (Å²) in [5, 5.41) is 24.0. The maximum absolute atomic E-state index is 12.9. The molecule has 0 aromatic carbocycles. The molecule has 1 saturated heterocycles. The zero-order chi connectivity index (χ0) is 22.3. The van der Waals surface area contributed by atoms with Crippen molar-refractivity contribution in [2.75, 3.05) is 13.1 Å². The van der Waals surface area contributed by atoms with Crippen molar-refractivity contribution in [1.82, 2.24) is 10.2 Å². The third kappa shape index (κ3) is 4.57. The number of hydrogen-bond acceptors (Lipinski definition) is 5. The summed E-state index contributed by atoms with van der Waals surface area (Å²) in [7, 11) is 0. The summed E-state index contributed by atoms with van der Waals surface area (Å²) in [6, 6.07) is 4.02. The van der Waals surface area contributed by atoms with Crippen LogP contribution in [-0.4, -0.2) is 45.8 Å². The van der Waals surface area contributed by atoms with Crippen LogP contribution >= 0.6 is 0 Å². The van der Waals surface area contributed by atoms with Gasteiger partial charge >= 0.3 is 0 Å². The number of amides is 1. The third-order valence-electron chi connectivity index (χ3n) is 8.49. The summed E-state index contributed by atoms with van der Waals surface area (Å²) in [4.78, 5) is 14.9. The summed E-state index contributed by atoms with van der Waals surface area (Å²) in [6.07, 6.45) is 7.28. The van der Waals surface area contributed by atoms with Crippen molar-refractivity contribution in [1.29, 1.82) is 0 Å². The van der Waals surface area contributed by atoms with Crippen LogP contribution in [0.25, 0.3) is 0 Å². The summed E-state index contributed by atoms with van der Waals surface area (Å²) < 4.78 is 5.70. The molecule has 2 aliphatic carbocycles. The Morgan fingerprint density at radius 3 is 2.55 bits per heavy atom. The van der Waals surface area contributed by atoms with Gasteiger partial charge in [-0.2, -0.15) is 0 Å². The molecule has 1 amide bonds. The molecule has 174 valence electrons. The van der Waals surface area contributed by atoms with E-state index in [9.17, 15) is 15.0 Å². The van der Waals surface area contributed by atoms with Gasteiger partial charge in [-0.3, -0.25) is 4.79 Å². The third-order valence-corrected chi connectivity index (χ3v) is 8.49. The zero-order valence-electron chi connectivity index (χ0n) is 19.5. The molecule has 0 radical (unpaired) electrons. The molecule has 3 N–H and O–H groups in total. The molecule has 1 aromatic heterocycles. The Kier molecular flexibility index (Phi) is 6.27. The van der Waals surface area contributed by atoms with E-state index >= 15 is 0 Å². The average molecular weight is 433 g/mol. The van der Waals surface area contributed by atoms with Crippen LogP contribution in [0, 0.1) is 16.7 Å². The Balaban J connectivity index is 1.53. The lowest BCUT2D eigenvalue weighted by molar-refractivity contribution is -0.132. The highest BCUT2D eigenvalue weighted by Crippen LogP contribution is 2.63. The van der Waals surface area contributed by atoms with E-state index in [4.69, 9.17) is 4.42 Å². The first kappa shape index (κ1) is 22.8. The minimum atomic E-state index is -0.629. The van der Waals surface area contributed by atoms with Crippen molar-refractivity contribution in [3.63, 3.8) is 0 Å². The maximum Gasteiger partial charge on any atom is 0.222 e. The summed E-state index contributed by atoms with van der Waals surface area (Å²) in [6.45, 7) is 8.97. The molecule has 6 nitrogen and oxygen atoms in total. The molecule has 31 heavy (non-hydrogen) atoms. The molecule has 4 atom stereocenters. The number of aliphatic hydroxyl groups excluding tert-OH is 1. The van der Waals surface area contributed by atoms with E-state index in [0.717, 1.165) is 63.8 Å². The predicted molar refractivity (Wildman–Crippen MR) is 119 cm³/mol. The number of carbonyl (C=O) groups is 1.